The number of carboxylic acids is 1. The molecule has 13 heteroatoms. The summed E-state index contributed by atoms with van der Waals surface area (Å²) in [5.41, 5.74) is 18.6. The number of carbonyl (C=O) groups excluding carboxylic acids is 4. The Kier molecular flexibility index (Phi) is 11.9. The summed E-state index contributed by atoms with van der Waals surface area (Å²) in [5.74, 6) is -4.72. The Morgan fingerprint density at radius 1 is 0.949 bits per heavy atom. The summed E-state index contributed by atoms with van der Waals surface area (Å²) < 4.78 is 0. The van der Waals surface area contributed by atoms with E-state index in [2.05, 4.69) is 20.9 Å². The molecule has 1 aromatic carbocycles. The van der Waals surface area contributed by atoms with Crippen molar-refractivity contribution in [2.45, 2.75) is 70.1 Å². The number of carbonyl (C=O) groups is 5. The second-order valence-electron chi connectivity index (χ2n) is 9.82. The van der Waals surface area contributed by atoms with Crippen LogP contribution in [0, 0.1) is 5.92 Å². The molecule has 2 aromatic rings. The van der Waals surface area contributed by atoms with Crippen molar-refractivity contribution >= 4 is 40.5 Å². The van der Waals surface area contributed by atoms with Gasteiger partial charge >= 0.3 is 5.97 Å². The van der Waals surface area contributed by atoms with Crippen molar-refractivity contribution in [3.63, 3.8) is 0 Å². The van der Waals surface area contributed by atoms with Gasteiger partial charge in [-0.3, -0.25) is 19.2 Å². The number of unbranched alkanes of at least 4 members (excludes halogenated alkanes) is 1. The molecule has 0 fully saturated rings. The van der Waals surface area contributed by atoms with Crippen LogP contribution in [0.1, 0.15) is 45.1 Å². The zero-order chi connectivity index (χ0) is 29.1. The summed E-state index contributed by atoms with van der Waals surface area (Å²) in [6.07, 6.45) is 2.65. The molecule has 0 radical (unpaired) electrons. The average molecular weight is 546 g/mol. The lowest BCUT2D eigenvalue weighted by molar-refractivity contribution is -0.143. The monoisotopic (exact) mass is 545 g/mol. The summed E-state index contributed by atoms with van der Waals surface area (Å²) in [6.45, 7) is 3.71. The normalized spacial score (nSPS) is 14.3. The molecule has 1 heterocycles. The highest BCUT2D eigenvalue weighted by Gasteiger charge is 2.32. The lowest BCUT2D eigenvalue weighted by Gasteiger charge is -2.26. The quantitative estimate of drug-likeness (QED) is 0.124. The Morgan fingerprint density at radius 2 is 1.62 bits per heavy atom. The molecule has 13 nitrogen and oxygen atoms in total. The van der Waals surface area contributed by atoms with Gasteiger partial charge in [-0.25, -0.2) is 4.79 Å². The van der Waals surface area contributed by atoms with Crippen molar-refractivity contribution in [2.75, 3.05) is 6.54 Å². The maximum atomic E-state index is 13.1. The predicted molar refractivity (Wildman–Crippen MR) is 145 cm³/mol. The van der Waals surface area contributed by atoms with E-state index in [0.717, 1.165) is 16.5 Å². The van der Waals surface area contributed by atoms with Crippen LogP contribution in [-0.2, 0) is 30.4 Å². The molecule has 4 unspecified atom stereocenters. The van der Waals surface area contributed by atoms with Crippen LogP contribution in [0.4, 0.5) is 0 Å². The number of aromatic amines is 1. The van der Waals surface area contributed by atoms with E-state index in [1.165, 1.54) is 0 Å². The fourth-order valence-electron chi connectivity index (χ4n) is 4.12. The number of para-hydroxylation sites is 1. The largest absolute Gasteiger partial charge is 0.480 e. The maximum absolute atomic E-state index is 13.1. The Labute approximate surface area is 226 Å². The molecule has 0 bridgehead atoms. The van der Waals surface area contributed by atoms with Gasteiger partial charge in [-0.1, -0.05) is 32.0 Å². The van der Waals surface area contributed by atoms with Crippen molar-refractivity contribution in [1.29, 1.82) is 0 Å². The highest BCUT2D eigenvalue weighted by atomic mass is 16.4. The van der Waals surface area contributed by atoms with Crippen LogP contribution < -0.4 is 33.2 Å². The first kappa shape index (κ1) is 31.2. The van der Waals surface area contributed by atoms with Gasteiger partial charge in [0.2, 0.25) is 23.6 Å². The van der Waals surface area contributed by atoms with Gasteiger partial charge in [0, 0.05) is 17.1 Å². The molecule has 4 amide bonds. The van der Waals surface area contributed by atoms with E-state index in [-0.39, 0.29) is 12.8 Å². The van der Waals surface area contributed by atoms with Gasteiger partial charge in [-0.15, -0.1) is 0 Å². The van der Waals surface area contributed by atoms with Gasteiger partial charge in [0.1, 0.15) is 18.1 Å². The van der Waals surface area contributed by atoms with Crippen LogP contribution in [-0.4, -0.2) is 70.4 Å². The number of primary amides is 1. The smallest absolute Gasteiger partial charge is 0.326 e. The molecule has 1 aromatic heterocycles. The second-order valence-corrected chi connectivity index (χ2v) is 9.82. The molecule has 0 aliphatic rings. The highest BCUT2D eigenvalue weighted by molar-refractivity contribution is 5.96. The molecular formula is C26H39N7O6. The standard InChI is InChI=1S/C26H39N7O6/c1-14(2)22(25(37)31-19(26(38)39)9-5-6-10-27)33-24(36)20(12-21(29)34)32-23(35)17(28)11-15-13-30-18-8-4-3-7-16(15)18/h3-4,7-8,13-14,17,19-20,22,30H,5-6,9-12,27-28H2,1-2H3,(H2,29,34)(H,31,37)(H,32,35)(H,33,36)(H,38,39). The number of aliphatic carboxylic acids is 1. The Bertz CT molecular complexity index is 1160. The number of hydrogen-bond donors (Lipinski definition) is 8. The zero-order valence-corrected chi connectivity index (χ0v) is 22.2. The molecule has 0 aliphatic carbocycles. The first-order valence-electron chi connectivity index (χ1n) is 12.9. The first-order valence-corrected chi connectivity index (χ1v) is 12.9. The third-order valence-electron chi connectivity index (χ3n) is 6.30. The van der Waals surface area contributed by atoms with E-state index in [4.69, 9.17) is 17.2 Å². The predicted octanol–water partition coefficient (Wildman–Crippen LogP) is -0.763. The Hall–Kier alpha value is -3.97. The van der Waals surface area contributed by atoms with E-state index >= 15 is 0 Å². The molecule has 2 rings (SSSR count). The van der Waals surface area contributed by atoms with Crippen molar-refractivity contribution in [3.05, 3.63) is 36.0 Å². The average Bonchev–Trinajstić information content (AvgIpc) is 3.28. The topological polar surface area (TPSA) is 236 Å². The van der Waals surface area contributed by atoms with Gasteiger partial charge in [-0.2, -0.15) is 0 Å². The van der Waals surface area contributed by atoms with Crippen molar-refractivity contribution in [3.8, 4) is 0 Å². The van der Waals surface area contributed by atoms with Crippen LogP contribution in [0.3, 0.4) is 0 Å². The van der Waals surface area contributed by atoms with Crippen LogP contribution in [0.2, 0.25) is 0 Å². The lowest BCUT2D eigenvalue weighted by Crippen LogP contribution is -2.59. The van der Waals surface area contributed by atoms with Gasteiger partial charge in [0.25, 0.3) is 0 Å². The minimum absolute atomic E-state index is 0.165. The minimum Gasteiger partial charge on any atom is -0.480 e. The third kappa shape index (κ3) is 9.37. The lowest BCUT2D eigenvalue weighted by atomic mass is 10.0. The van der Waals surface area contributed by atoms with Crippen molar-refractivity contribution in [2.24, 2.45) is 23.1 Å². The number of rotatable bonds is 16. The number of carboxylic acid groups (broad SMARTS) is 1. The van der Waals surface area contributed by atoms with Crippen LogP contribution in [0.15, 0.2) is 30.5 Å². The summed E-state index contributed by atoms with van der Waals surface area (Å²) >= 11 is 0. The van der Waals surface area contributed by atoms with E-state index in [1.54, 1.807) is 20.0 Å². The van der Waals surface area contributed by atoms with Gasteiger partial charge in [-0.05, 0) is 49.8 Å². The molecule has 4 atom stereocenters. The number of hydrogen-bond acceptors (Lipinski definition) is 7. The Balaban J connectivity index is 2.09. The number of nitrogens with two attached hydrogens (primary N) is 3. The molecule has 11 N–H and O–H groups in total. The van der Waals surface area contributed by atoms with E-state index in [1.807, 2.05) is 24.3 Å². The highest BCUT2D eigenvalue weighted by Crippen LogP contribution is 2.19. The second kappa shape index (κ2) is 14.8. The SMILES string of the molecule is CC(C)C(NC(=O)C(CC(N)=O)NC(=O)C(N)Cc1c[nH]c2ccccc12)C(=O)NC(CCCCN)C(=O)O. The van der Waals surface area contributed by atoms with E-state index < -0.39 is 66.1 Å². The summed E-state index contributed by atoms with van der Waals surface area (Å²) in [7, 11) is 0. The van der Waals surface area contributed by atoms with Gasteiger partial charge in [0.05, 0.1) is 12.5 Å². The minimum atomic E-state index is -1.39. The number of nitrogens with one attached hydrogen (secondary N) is 4. The number of amides is 4. The molecule has 0 spiro atoms. The van der Waals surface area contributed by atoms with Gasteiger partial charge in [0.15, 0.2) is 0 Å². The third-order valence-corrected chi connectivity index (χ3v) is 6.30. The zero-order valence-electron chi connectivity index (χ0n) is 22.2. The van der Waals surface area contributed by atoms with Gasteiger partial charge < -0.3 is 43.2 Å². The number of benzene rings is 1. The molecule has 0 aliphatic heterocycles. The Morgan fingerprint density at radius 3 is 2.23 bits per heavy atom. The molecule has 0 saturated heterocycles. The summed E-state index contributed by atoms with van der Waals surface area (Å²) in [5, 5.41) is 17.8. The van der Waals surface area contributed by atoms with Crippen molar-refractivity contribution in [1.82, 2.24) is 20.9 Å². The number of aromatic nitrogens is 1. The van der Waals surface area contributed by atoms with Crippen molar-refractivity contribution < 1.29 is 29.1 Å². The maximum Gasteiger partial charge on any atom is 0.326 e. The fourth-order valence-corrected chi connectivity index (χ4v) is 4.12. The summed E-state index contributed by atoms with van der Waals surface area (Å²) in [4.78, 5) is 65.2. The molecule has 39 heavy (non-hydrogen) atoms. The molecule has 214 valence electrons. The first-order chi connectivity index (χ1) is 18.4. The van der Waals surface area contributed by atoms with Crippen LogP contribution in [0.5, 0.6) is 0 Å². The van der Waals surface area contributed by atoms with Crippen LogP contribution in [0.25, 0.3) is 10.9 Å². The van der Waals surface area contributed by atoms with Crippen LogP contribution >= 0.6 is 0 Å². The van der Waals surface area contributed by atoms with E-state index in [9.17, 15) is 29.1 Å². The van der Waals surface area contributed by atoms with E-state index in [0.29, 0.717) is 19.4 Å². The fraction of sp³-hybridized carbons (Fsp3) is 0.500. The molecular weight excluding hydrogens is 506 g/mol. The summed E-state index contributed by atoms with van der Waals surface area (Å²) in [6, 6.07) is 2.78. The number of H-pyrrole nitrogens is 1. The number of fused-ring (bicyclic) bond motifs is 1. The molecule has 0 saturated carbocycles.